The molecule has 2 N–H and O–H groups in total. The molecule has 3 aromatic carbocycles. The van der Waals surface area contributed by atoms with Crippen LogP contribution < -0.4 is 4.74 Å². The van der Waals surface area contributed by atoms with Crippen LogP contribution in [0.25, 0.3) is 16.7 Å². The van der Waals surface area contributed by atoms with Gasteiger partial charge in [0.2, 0.25) is 0 Å². The standard InChI is InChI=1S/C28H21Cl2N3O6/c1-39-19-7-9-23-21(13-19)16(14-31-23)10-11-32-25(15-2-5-18(6-3-15)33(37)38)24(27(35)28(32)36)26(34)20-8-4-17(29)12-22(20)30/h2-9,12-14,25,31,34H,10-11H2,1H3/t25-/m0/s1. The molecule has 1 saturated heterocycles. The number of aliphatic hydroxyl groups excluding tert-OH is 1. The number of halogens is 2. The van der Waals surface area contributed by atoms with Gasteiger partial charge in [0, 0.05) is 46.4 Å². The third kappa shape index (κ3) is 4.82. The first-order valence-corrected chi connectivity index (χ1v) is 12.6. The van der Waals surface area contributed by atoms with E-state index in [2.05, 4.69) is 4.98 Å². The van der Waals surface area contributed by atoms with Gasteiger partial charge in [-0.15, -0.1) is 0 Å². The van der Waals surface area contributed by atoms with Gasteiger partial charge < -0.3 is 19.7 Å². The number of H-pyrrole nitrogens is 1. The predicted molar refractivity (Wildman–Crippen MR) is 147 cm³/mol. The van der Waals surface area contributed by atoms with Crippen molar-refractivity contribution in [2.75, 3.05) is 13.7 Å². The summed E-state index contributed by atoms with van der Waals surface area (Å²) in [6.45, 7) is 0.127. The van der Waals surface area contributed by atoms with Gasteiger partial charge in [-0.1, -0.05) is 23.2 Å². The van der Waals surface area contributed by atoms with Gasteiger partial charge in [0.25, 0.3) is 17.4 Å². The number of nitrogens with zero attached hydrogens (tertiary/aromatic N) is 2. The number of hydrogen-bond donors (Lipinski definition) is 2. The number of likely N-dealkylation sites (tertiary alicyclic amines) is 1. The predicted octanol–water partition coefficient (Wildman–Crippen LogP) is 6.06. The van der Waals surface area contributed by atoms with Crippen molar-refractivity contribution >= 4 is 57.2 Å². The highest BCUT2D eigenvalue weighted by atomic mass is 35.5. The molecule has 39 heavy (non-hydrogen) atoms. The van der Waals surface area contributed by atoms with Crippen LogP contribution in [-0.2, 0) is 16.0 Å². The lowest BCUT2D eigenvalue weighted by atomic mass is 9.95. The maximum absolute atomic E-state index is 13.3. The van der Waals surface area contributed by atoms with Gasteiger partial charge in [-0.3, -0.25) is 19.7 Å². The minimum atomic E-state index is -1.00. The summed E-state index contributed by atoms with van der Waals surface area (Å²) in [5, 5.41) is 23.8. The molecule has 1 amide bonds. The number of methoxy groups -OCH3 is 1. The number of benzene rings is 3. The van der Waals surface area contributed by atoms with Crippen LogP contribution in [0.5, 0.6) is 5.75 Å². The number of fused-ring (bicyclic) bond motifs is 1. The summed E-state index contributed by atoms with van der Waals surface area (Å²) in [7, 11) is 1.57. The third-order valence-corrected chi connectivity index (χ3v) is 7.29. The minimum Gasteiger partial charge on any atom is -0.507 e. The van der Waals surface area contributed by atoms with Crippen molar-refractivity contribution in [1.29, 1.82) is 0 Å². The highest BCUT2D eigenvalue weighted by Gasteiger charge is 2.46. The van der Waals surface area contributed by atoms with Crippen LogP contribution >= 0.6 is 23.2 Å². The van der Waals surface area contributed by atoms with Gasteiger partial charge in [-0.05, 0) is 66.1 Å². The molecule has 0 spiro atoms. The Hall–Kier alpha value is -4.34. The Morgan fingerprint density at radius 3 is 2.51 bits per heavy atom. The zero-order valence-electron chi connectivity index (χ0n) is 20.5. The molecule has 1 aromatic heterocycles. The lowest BCUT2D eigenvalue weighted by molar-refractivity contribution is -0.384. The first-order chi connectivity index (χ1) is 18.7. The summed E-state index contributed by atoms with van der Waals surface area (Å²) in [5.41, 5.74) is 2.02. The first kappa shape index (κ1) is 26.3. The molecule has 5 rings (SSSR count). The number of hydrogen-bond acceptors (Lipinski definition) is 6. The smallest absolute Gasteiger partial charge is 0.295 e. The van der Waals surface area contributed by atoms with Gasteiger partial charge in [-0.2, -0.15) is 0 Å². The number of ether oxygens (including phenoxy) is 1. The second kappa shape index (κ2) is 10.4. The number of carbonyl (C=O) groups is 2. The number of amides is 1. The van der Waals surface area contributed by atoms with E-state index < -0.39 is 28.4 Å². The zero-order chi connectivity index (χ0) is 27.8. The second-order valence-electron chi connectivity index (χ2n) is 8.94. The van der Waals surface area contributed by atoms with E-state index in [1.54, 1.807) is 7.11 Å². The van der Waals surface area contributed by atoms with Crippen molar-refractivity contribution < 1.29 is 24.4 Å². The maximum atomic E-state index is 13.3. The summed E-state index contributed by atoms with van der Waals surface area (Å²) in [5.74, 6) is -1.47. The molecule has 1 fully saturated rings. The molecule has 0 saturated carbocycles. The fraction of sp³-hybridized carbons (Fsp3) is 0.143. The van der Waals surface area contributed by atoms with Crippen molar-refractivity contribution in [3.63, 3.8) is 0 Å². The Balaban J connectivity index is 1.58. The molecule has 2 heterocycles. The van der Waals surface area contributed by atoms with Crippen LogP contribution in [0.2, 0.25) is 10.0 Å². The second-order valence-corrected chi connectivity index (χ2v) is 9.78. The molecule has 4 aromatic rings. The fourth-order valence-corrected chi connectivity index (χ4v) is 5.29. The average molecular weight is 566 g/mol. The minimum absolute atomic E-state index is 0.0985. The molecule has 0 aliphatic carbocycles. The van der Waals surface area contributed by atoms with Crippen molar-refractivity contribution in [3.8, 4) is 5.75 Å². The molecule has 198 valence electrons. The van der Waals surface area contributed by atoms with E-state index in [0.717, 1.165) is 16.5 Å². The number of aromatic amines is 1. The Labute approximate surface area is 232 Å². The number of nitro groups is 1. The molecule has 1 aliphatic rings. The first-order valence-electron chi connectivity index (χ1n) is 11.8. The van der Waals surface area contributed by atoms with Crippen molar-refractivity contribution in [3.05, 3.63) is 109 Å². The normalized spacial score (nSPS) is 16.7. The van der Waals surface area contributed by atoms with Crippen molar-refractivity contribution in [2.24, 2.45) is 0 Å². The van der Waals surface area contributed by atoms with E-state index in [4.69, 9.17) is 27.9 Å². The molecule has 1 aliphatic heterocycles. The van der Waals surface area contributed by atoms with Crippen LogP contribution in [-0.4, -0.2) is 45.3 Å². The summed E-state index contributed by atoms with van der Waals surface area (Å²) in [6.07, 6.45) is 2.21. The number of non-ortho nitro benzene ring substituents is 1. The summed E-state index contributed by atoms with van der Waals surface area (Å²) >= 11 is 12.3. The van der Waals surface area contributed by atoms with Gasteiger partial charge in [0.05, 0.1) is 28.7 Å². The largest absolute Gasteiger partial charge is 0.507 e. The Morgan fingerprint density at radius 1 is 1.10 bits per heavy atom. The van der Waals surface area contributed by atoms with Gasteiger partial charge in [-0.25, -0.2) is 0 Å². The molecule has 0 bridgehead atoms. The van der Waals surface area contributed by atoms with Crippen LogP contribution in [0.1, 0.15) is 22.7 Å². The number of nitro benzene ring substituents is 1. The summed E-state index contributed by atoms with van der Waals surface area (Å²) in [4.78, 5) is 41.8. The van der Waals surface area contributed by atoms with Crippen LogP contribution in [0, 0.1) is 10.1 Å². The quantitative estimate of drug-likeness (QED) is 0.0922. The summed E-state index contributed by atoms with van der Waals surface area (Å²) < 4.78 is 5.33. The van der Waals surface area contributed by atoms with E-state index in [0.29, 0.717) is 22.8 Å². The lowest BCUT2D eigenvalue weighted by Gasteiger charge is -2.25. The lowest BCUT2D eigenvalue weighted by Crippen LogP contribution is -2.31. The third-order valence-electron chi connectivity index (χ3n) is 6.74. The van der Waals surface area contributed by atoms with Crippen molar-refractivity contribution in [2.45, 2.75) is 12.5 Å². The van der Waals surface area contributed by atoms with Gasteiger partial charge in [0.15, 0.2) is 0 Å². The number of rotatable bonds is 7. The monoisotopic (exact) mass is 565 g/mol. The number of Topliss-reactive ketones (excluding diaryl/α,β-unsaturated/α-hetero) is 1. The molecule has 1 atom stereocenters. The molecular weight excluding hydrogens is 545 g/mol. The average Bonchev–Trinajstić information content (AvgIpc) is 3.44. The highest BCUT2D eigenvalue weighted by Crippen LogP contribution is 2.41. The van der Waals surface area contributed by atoms with Gasteiger partial charge in [0.1, 0.15) is 11.5 Å². The van der Waals surface area contributed by atoms with Crippen LogP contribution in [0.4, 0.5) is 5.69 Å². The van der Waals surface area contributed by atoms with E-state index >= 15 is 0 Å². The van der Waals surface area contributed by atoms with E-state index in [1.165, 1.54) is 47.4 Å². The van der Waals surface area contributed by atoms with Crippen molar-refractivity contribution in [1.82, 2.24) is 9.88 Å². The molecular formula is C28H21Cl2N3O6. The number of aromatic nitrogens is 1. The zero-order valence-corrected chi connectivity index (χ0v) is 22.0. The van der Waals surface area contributed by atoms with E-state index in [-0.39, 0.29) is 28.4 Å². The maximum Gasteiger partial charge on any atom is 0.295 e. The topological polar surface area (TPSA) is 126 Å². The van der Waals surface area contributed by atoms with E-state index in [1.807, 2.05) is 24.4 Å². The Kier molecular flexibility index (Phi) is 7.03. The number of carbonyl (C=O) groups excluding carboxylic acids is 2. The molecule has 11 heteroatoms. The Morgan fingerprint density at radius 2 is 1.85 bits per heavy atom. The number of aliphatic hydroxyl groups is 1. The SMILES string of the molecule is COc1ccc2[nH]cc(CCN3C(=O)C(=O)C(=C(O)c4ccc(Cl)cc4Cl)[C@@H]3c3ccc([N+](=O)[O-])cc3)c2c1. The van der Waals surface area contributed by atoms with Crippen LogP contribution in [0.3, 0.4) is 0 Å². The van der Waals surface area contributed by atoms with Crippen LogP contribution in [0.15, 0.2) is 72.4 Å². The number of ketones is 1. The Bertz CT molecular complexity index is 1660. The van der Waals surface area contributed by atoms with E-state index in [9.17, 15) is 24.8 Å². The fourth-order valence-electron chi connectivity index (χ4n) is 4.79. The van der Waals surface area contributed by atoms with Gasteiger partial charge >= 0.3 is 0 Å². The highest BCUT2D eigenvalue weighted by molar-refractivity contribution is 6.47. The summed E-state index contributed by atoms with van der Waals surface area (Å²) in [6, 6.07) is 14.5. The molecule has 0 unspecified atom stereocenters. The number of nitrogens with one attached hydrogen (secondary N) is 1. The molecule has 0 radical (unpaired) electrons. The molecule has 9 nitrogen and oxygen atoms in total.